The van der Waals surface area contributed by atoms with Crippen molar-refractivity contribution in [3.63, 3.8) is 0 Å². The van der Waals surface area contributed by atoms with Crippen LogP contribution in [0.15, 0.2) is 18.2 Å². The van der Waals surface area contributed by atoms with Gasteiger partial charge >= 0.3 is 0 Å². The topological polar surface area (TPSA) is 45.5 Å². The normalized spacial score (nSPS) is 23.8. The summed E-state index contributed by atoms with van der Waals surface area (Å²) in [4.78, 5) is 2.07. The van der Waals surface area contributed by atoms with Gasteiger partial charge in [0.2, 0.25) is 0 Å². The lowest BCUT2D eigenvalue weighted by Crippen LogP contribution is -2.41. The van der Waals surface area contributed by atoms with Gasteiger partial charge in [-0.1, -0.05) is 6.07 Å². The molecule has 0 aromatic heterocycles. The number of benzene rings is 1. The summed E-state index contributed by atoms with van der Waals surface area (Å²) < 4.78 is 24.8. The number of halogens is 1. The van der Waals surface area contributed by atoms with E-state index in [9.17, 15) is 4.39 Å². The molecule has 0 spiro atoms. The SMILES string of the molecule is N#Cc1c(F)cccc1N1CCCC(C2OCCO2)C1. The summed E-state index contributed by atoms with van der Waals surface area (Å²) >= 11 is 0. The molecule has 4 nitrogen and oxygen atoms in total. The summed E-state index contributed by atoms with van der Waals surface area (Å²) in [6.07, 6.45) is 1.88. The van der Waals surface area contributed by atoms with E-state index in [-0.39, 0.29) is 17.8 Å². The Hall–Kier alpha value is -1.64. The van der Waals surface area contributed by atoms with Gasteiger partial charge < -0.3 is 14.4 Å². The van der Waals surface area contributed by atoms with Crippen LogP contribution in [0.3, 0.4) is 0 Å². The van der Waals surface area contributed by atoms with E-state index in [0.29, 0.717) is 18.9 Å². The molecular formula is C15H17FN2O2. The number of rotatable bonds is 2. The third kappa shape index (κ3) is 2.49. The maximum atomic E-state index is 13.7. The highest BCUT2D eigenvalue weighted by atomic mass is 19.1. The summed E-state index contributed by atoms with van der Waals surface area (Å²) in [5.74, 6) is -0.179. The fourth-order valence-corrected chi connectivity index (χ4v) is 2.99. The minimum atomic E-state index is -0.458. The van der Waals surface area contributed by atoms with Crippen LogP contribution in [-0.2, 0) is 9.47 Å². The van der Waals surface area contributed by atoms with Crippen LogP contribution in [0.2, 0.25) is 0 Å². The molecule has 0 bridgehead atoms. The largest absolute Gasteiger partial charge is 0.370 e. The average Bonchev–Trinajstić information content (AvgIpc) is 3.01. The van der Waals surface area contributed by atoms with Gasteiger partial charge in [-0.05, 0) is 25.0 Å². The lowest BCUT2D eigenvalue weighted by Gasteiger charge is -2.36. The van der Waals surface area contributed by atoms with Crippen molar-refractivity contribution in [3.05, 3.63) is 29.6 Å². The molecule has 2 fully saturated rings. The average molecular weight is 276 g/mol. The second-order valence-electron chi connectivity index (χ2n) is 5.20. The molecule has 106 valence electrons. The second kappa shape index (κ2) is 5.78. The van der Waals surface area contributed by atoms with Crippen molar-refractivity contribution in [1.29, 1.82) is 5.26 Å². The van der Waals surface area contributed by atoms with Crippen LogP contribution in [0.5, 0.6) is 0 Å². The van der Waals surface area contributed by atoms with Crippen molar-refractivity contribution >= 4 is 5.69 Å². The minimum Gasteiger partial charge on any atom is -0.370 e. The predicted molar refractivity (Wildman–Crippen MR) is 71.7 cm³/mol. The van der Waals surface area contributed by atoms with Crippen LogP contribution in [-0.4, -0.2) is 32.6 Å². The third-order valence-corrected chi connectivity index (χ3v) is 3.93. The Bertz CT molecular complexity index is 523. The molecule has 3 rings (SSSR count). The Morgan fingerprint density at radius 1 is 1.30 bits per heavy atom. The van der Waals surface area contributed by atoms with Gasteiger partial charge in [0.1, 0.15) is 17.4 Å². The van der Waals surface area contributed by atoms with Gasteiger partial charge in [-0.3, -0.25) is 0 Å². The van der Waals surface area contributed by atoms with Crippen molar-refractivity contribution in [3.8, 4) is 6.07 Å². The minimum absolute atomic E-state index is 0.126. The zero-order valence-electron chi connectivity index (χ0n) is 11.2. The van der Waals surface area contributed by atoms with E-state index in [1.165, 1.54) is 6.07 Å². The van der Waals surface area contributed by atoms with Gasteiger partial charge in [0.15, 0.2) is 6.29 Å². The maximum absolute atomic E-state index is 13.7. The molecule has 1 aromatic rings. The van der Waals surface area contributed by atoms with Crippen LogP contribution in [0.25, 0.3) is 0 Å². The maximum Gasteiger partial charge on any atom is 0.162 e. The highest BCUT2D eigenvalue weighted by Gasteiger charge is 2.32. The number of hydrogen-bond donors (Lipinski definition) is 0. The van der Waals surface area contributed by atoms with Crippen LogP contribution >= 0.6 is 0 Å². The highest BCUT2D eigenvalue weighted by molar-refractivity contribution is 5.60. The third-order valence-electron chi connectivity index (χ3n) is 3.93. The summed E-state index contributed by atoms with van der Waals surface area (Å²) in [5, 5.41) is 9.14. The predicted octanol–water partition coefficient (Wildman–Crippen LogP) is 2.29. The Kier molecular flexibility index (Phi) is 3.86. The molecule has 0 amide bonds. The molecule has 2 saturated heterocycles. The smallest absolute Gasteiger partial charge is 0.162 e. The Morgan fingerprint density at radius 2 is 2.10 bits per heavy atom. The Balaban J connectivity index is 1.80. The van der Waals surface area contributed by atoms with Crippen LogP contribution < -0.4 is 4.90 Å². The van der Waals surface area contributed by atoms with Gasteiger partial charge in [-0.2, -0.15) is 5.26 Å². The van der Waals surface area contributed by atoms with E-state index >= 15 is 0 Å². The van der Waals surface area contributed by atoms with E-state index in [0.717, 1.165) is 25.9 Å². The van der Waals surface area contributed by atoms with Crippen molar-refractivity contribution in [2.24, 2.45) is 5.92 Å². The van der Waals surface area contributed by atoms with Crippen molar-refractivity contribution in [2.45, 2.75) is 19.1 Å². The molecule has 0 aliphatic carbocycles. The molecule has 1 aromatic carbocycles. The molecule has 5 heteroatoms. The first kappa shape index (κ1) is 13.3. The number of nitriles is 1. The summed E-state index contributed by atoms with van der Waals surface area (Å²) in [7, 11) is 0. The zero-order valence-corrected chi connectivity index (χ0v) is 11.2. The number of hydrogen-bond acceptors (Lipinski definition) is 4. The number of piperidine rings is 1. The van der Waals surface area contributed by atoms with Crippen molar-refractivity contribution in [2.75, 3.05) is 31.2 Å². The molecule has 0 N–H and O–H groups in total. The Labute approximate surface area is 117 Å². The molecule has 2 aliphatic rings. The van der Waals surface area contributed by atoms with Crippen LogP contribution in [0.4, 0.5) is 10.1 Å². The summed E-state index contributed by atoms with van der Waals surface area (Å²) in [6.45, 7) is 2.86. The van der Waals surface area contributed by atoms with E-state index < -0.39 is 5.82 Å². The monoisotopic (exact) mass is 276 g/mol. The number of nitrogens with zero attached hydrogens (tertiary/aromatic N) is 2. The molecule has 2 aliphatic heterocycles. The first-order chi connectivity index (χ1) is 9.79. The van der Waals surface area contributed by atoms with Crippen molar-refractivity contribution < 1.29 is 13.9 Å². The molecule has 2 heterocycles. The van der Waals surface area contributed by atoms with Gasteiger partial charge in [-0.25, -0.2) is 4.39 Å². The zero-order chi connectivity index (χ0) is 13.9. The van der Waals surface area contributed by atoms with E-state index in [1.54, 1.807) is 12.1 Å². The van der Waals surface area contributed by atoms with Crippen LogP contribution in [0.1, 0.15) is 18.4 Å². The lowest BCUT2D eigenvalue weighted by molar-refractivity contribution is -0.0858. The van der Waals surface area contributed by atoms with Crippen molar-refractivity contribution in [1.82, 2.24) is 0 Å². The lowest BCUT2D eigenvalue weighted by atomic mass is 9.96. The van der Waals surface area contributed by atoms with E-state index in [2.05, 4.69) is 4.90 Å². The molecule has 20 heavy (non-hydrogen) atoms. The van der Waals surface area contributed by atoms with Gasteiger partial charge in [0, 0.05) is 19.0 Å². The second-order valence-corrected chi connectivity index (χ2v) is 5.20. The molecular weight excluding hydrogens is 259 g/mol. The fourth-order valence-electron chi connectivity index (χ4n) is 2.99. The highest BCUT2D eigenvalue weighted by Crippen LogP contribution is 2.30. The summed E-state index contributed by atoms with van der Waals surface area (Å²) in [6, 6.07) is 6.75. The molecule has 0 saturated carbocycles. The van der Waals surface area contributed by atoms with E-state index in [4.69, 9.17) is 14.7 Å². The molecule has 1 unspecified atom stereocenters. The van der Waals surface area contributed by atoms with Crippen LogP contribution in [0, 0.1) is 23.1 Å². The van der Waals surface area contributed by atoms with Gasteiger partial charge in [0.25, 0.3) is 0 Å². The fraction of sp³-hybridized carbons (Fsp3) is 0.533. The van der Waals surface area contributed by atoms with Gasteiger partial charge in [-0.15, -0.1) is 0 Å². The number of ether oxygens (including phenoxy) is 2. The standard InChI is InChI=1S/C15H17FN2O2/c16-13-4-1-5-14(12(13)9-17)18-6-2-3-11(10-18)15-19-7-8-20-15/h1,4-5,11,15H,2-3,6-8,10H2. The quantitative estimate of drug-likeness (QED) is 0.831. The first-order valence-electron chi connectivity index (χ1n) is 6.96. The van der Waals surface area contributed by atoms with E-state index in [1.807, 2.05) is 6.07 Å². The first-order valence-corrected chi connectivity index (χ1v) is 6.96. The number of anilines is 1. The molecule has 0 radical (unpaired) electrons. The Morgan fingerprint density at radius 3 is 2.85 bits per heavy atom. The van der Waals surface area contributed by atoms with Gasteiger partial charge in [0.05, 0.1) is 18.9 Å². The summed E-state index contributed by atoms with van der Waals surface area (Å²) in [5.41, 5.74) is 0.802. The molecule has 1 atom stereocenters.